The van der Waals surface area contributed by atoms with Crippen molar-refractivity contribution in [2.45, 2.75) is 38.9 Å². The third kappa shape index (κ3) is 2.57. The molecule has 0 spiro atoms. The Balaban J connectivity index is 3.00. The maximum atomic E-state index is 11.9. The molecule has 0 aromatic rings. The zero-order chi connectivity index (χ0) is 13.6. The second-order valence-electron chi connectivity index (χ2n) is 5.08. The molecule has 0 radical (unpaired) electrons. The van der Waals surface area contributed by atoms with E-state index in [9.17, 15) is 13.2 Å². The summed E-state index contributed by atoms with van der Waals surface area (Å²) in [5.74, 6) is -0.725. The van der Waals surface area contributed by atoms with Gasteiger partial charge in [0.25, 0.3) is 16.0 Å². The lowest BCUT2D eigenvalue weighted by molar-refractivity contribution is -0.129. The van der Waals surface area contributed by atoms with Gasteiger partial charge < -0.3 is 0 Å². The summed E-state index contributed by atoms with van der Waals surface area (Å²) in [5, 5.41) is 0. The fourth-order valence-corrected chi connectivity index (χ4v) is 2.87. The first-order chi connectivity index (χ1) is 7.40. The van der Waals surface area contributed by atoms with Gasteiger partial charge in [-0.2, -0.15) is 8.42 Å². The van der Waals surface area contributed by atoms with Gasteiger partial charge >= 0.3 is 0 Å². The molecule has 17 heavy (non-hydrogen) atoms. The van der Waals surface area contributed by atoms with Crippen LogP contribution in [0, 0.1) is 0 Å². The number of hydrogen-bond acceptors (Lipinski definition) is 4. The van der Waals surface area contributed by atoms with Gasteiger partial charge in [0.1, 0.15) is 5.66 Å². The van der Waals surface area contributed by atoms with Crippen LogP contribution >= 0.6 is 11.8 Å². The van der Waals surface area contributed by atoms with E-state index < -0.39 is 27.1 Å². The molecular formula is C9H17ClN2O4S. The van der Waals surface area contributed by atoms with E-state index in [0.717, 1.165) is 4.42 Å². The van der Waals surface area contributed by atoms with E-state index in [0.29, 0.717) is 0 Å². The van der Waals surface area contributed by atoms with Crippen molar-refractivity contribution in [3.8, 4) is 0 Å². The Morgan fingerprint density at radius 3 is 2.06 bits per heavy atom. The molecule has 0 atom stereocenters. The summed E-state index contributed by atoms with van der Waals surface area (Å²) in [6.45, 7) is 6.81. The van der Waals surface area contributed by atoms with Gasteiger partial charge in [0.05, 0.1) is 11.3 Å². The molecule has 1 aliphatic heterocycles. The van der Waals surface area contributed by atoms with Crippen LogP contribution in [-0.2, 0) is 14.9 Å². The summed E-state index contributed by atoms with van der Waals surface area (Å²) in [6, 6.07) is 0. The van der Waals surface area contributed by atoms with Crippen molar-refractivity contribution in [1.29, 1.82) is 0 Å². The highest BCUT2D eigenvalue weighted by molar-refractivity contribution is 7.85. The van der Waals surface area contributed by atoms with Crippen LogP contribution in [0.2, 0.25) is 0 Å². The normalized spacial score (nSPS) is 24.4. The predicted molar refractivity (Wildman–Crippen MR) is 64.0 cm³/mol. The van der Waals surface area contributed by atoms with Crippen LogP contribution in [0.3, 0.4) is 0 Å². The fourth-order valence-electron chi connectivity index (χ4n) is 2.15. The molecule has 1 aliphatic rings. The molecule has 1 N–H and O–H groups in total. The second kappa shape index (κ2) is 4.08. The molecule has 1 heterocycles. The summed E-state index contributed by atoms with van der Waals surface area (Å²) in [7, 11) is -4.06. The second-order valence-corrected chi connectivity index (χ2v) is 6.99. The number of carbonyl (C=O) groups is 1. The summed E-state index contributed by atoms with van der Waals surface area (Å²) < 4.78 is 31.4. The Morgan fingerprint density at radius 1 is 1.29 bits per heavy atom. The highest BCUT2D eigenvalue weighted by Gasteiger charge is 2.56. The monoisotopic (exact) mass is 284 g/mol. The Labute approximate surface area is 106 Å². The lowest BCUT2D eigenvalue weighted by Crippen LogP contribution is -2.52. The summed E-state index contributed by atoms with van der Waals surface area (Å²) >= 11 is 5.91. The van der Waals surface area contributed by atoms with E-state index in [1.807, 2.05) is 0 Å². The summed E-state index contributed by atoms with van der Waals surface area (Å²) in [5.41, 5.74) is -1.69. The average Bonchev–Trinajstić information content (AvgIpc) is 2.22. The van der Waals surface area contributed by atoms with Gasteiger partial charge in [-0.05, 0) is 27.7 Å². The minimum atomic E-state index is -4.06. The van der Waals surface area contributed by atoms with Crippen LogP contribution in [0.5, 0.6) is 0 Å². The van der Waals surface area contributed by atoms with E-state index in [1.165, 1.54) is 0 Å². The van der Waals surface area contributed by atoms with Gasteiger partial charge in [0, 0.05) is 18.3 Å². The fraction of sp³-hybridized carbons (Fsp3) is 0.889. The lowest BCUT2D eigenvalue weighted by atomic mass is 10.0. The van der Waals surface area contributed by atoms with Crippen molar-refractivity contribution in [2.75, 3.05) is 12.3 Å². The molecule has 0 aromatic heterocycles. The molecule has 1 fully saturated rings. The molecule has 0 aliphatic carbocycles. The number of halogens is 1. The van der Waals surface area contributed by atoms with Gasteiger partial charge in [-0.25, -0.2) is 4.42 Å². The molecule has 1 saturated heterocycles. The lowest BCUT2D eigenvalue weighted by Gasteiger charge is -2.37. The van der Waals surface area contributed by atoms with Gasteiger partial charge in [0.15, 0.2) is 0 Å². The van der Waals surface area contributed by atoms with Crippen LogP contribution in [0.25, 0.3) is 0 Å². The molecule has 6 nitrogen and oxygen atoms in total. The maximum absolute atomic E-state index is 11.9. The third-order valence-corrected chi connectivity index (χ3v) is 4.36. The first-order valence-corrected chi connectivity index (χ1v) is 7.09. The Morgan fingerprint density at radius 2 is 1.76 bits per heavy atom. The van der Waals surface area contributed by atoms with Crippen molar-refractivity contribution in [3.63, 3.8) is 0 Å². The standard InChI is InChI=1S/C9H17ClN2O4S/c1-8(2)7(13)12(10)9(3,4)11(8)5-6-17(14,15)16/h5-6H2,1-4H3,(H,14,15,16). The Kier molecular flexibility index (Phi) is 3.53. The first kappa shape index (κ1) is 14.7. The SMILES string of the molecule is CC1(C)C(=O)N(Cl)C(C)(C)N1CCS(=O)(=O)O. The maximum Gasteiger partial charge on any atom is 0.266 e. The highest BCUT2D eigenvalue weighted by atomic mass is 35.5. The third-order valence-electron chi connectivity index (χ3n) is 3.09. The molecule has 0 unspecified atom stereocenters. The summed E-state index contributed by atoms with van der Waals surface area (Å²) in [4.78, 5) is 13.6. The largest absolute Gasteiger partial charge is 0.286 e. The van der Waals surface area contributed by atoms with Gasteiger partial charge in [0.2, 0.25) is 0 Å². The molecule has 0 bridgehead atoms. The zero-order valence-electron chi connectivity index (χ0n) is 10.3. The number of amides is 1. The number of nitrogens with zero attached hydrogens (tertiary/aromatic N) is 2. The van der Waals surface area contributed by atoms with Crippen molar-refractivity contribution in [1.82, 2.24) is 9.32 Å². The van der Waals surface area contributed by atoms with Crippen molar-refractivity contribution < 1.29 is 17.8 Å². The molecule has 100 valence electrons. The summed E-state index contributed by atoms with van der Waals surface area (Å²) in [6.07, 6.45) is 0. The quantitative estimate of drug-likeness (QED) is 0.609. The Bertz CT molecular complexity index is 432. The number of carbonyl (C=O) groups excluding carboxylic acids is 1. The number of hydrogen-bond donors (Lipinski definition) is 1. The Hall–Kier alpha value is -0.370. The highest BCUT2D eigenvalue weighted by Crippen LogP contribution is 2.39. The van der Waals surface area contributed by atoms with Crippen LogP contribution < -0.4 is 0 Å². The van der Waals surface area contributed by atoms with Gasteiger partial charge in [-0.3, -0.25) is 14.2 Å². The zero-order valence-corrected chi connectivity index (χ0v) is 11.8. The van der Waals surface area contributed by atoms with Crippen LogP contribution in [0.4, 0.5) is 0 Å². The van der Waals surface area contributed by atoms with E-state index in [1.54, 1.807) is 32.6 Å². The number of rotatable bonds is 3. The molecule has 1 amide bonds. The molecular weight excluding hydrogens is 268 g/mol. The van der Waals surface area contributed by atoms with Gasteiger partial charge in [-0.15, -0.1) is 0 Å². The minimum absolute atomic E-state index is 0.0355. The van der Waals surface area contributed by atoms with E-state index in [-0.39, 0.29) is 12.5 Å². The molecule has 1 rings (SSSR count). The van der Waals surface area contributed by atoms with E-state index in [4.69, 9.17) is 16.3 Å². The van der Waals surface area contributed by atoms with Gasteiger partial charge in [-0.1, -0.05) is 0 Å². The smallest absolute Gasteiger partial charge is 0.266 e. The first-order valence-electron chi connectivity index (χ1n) is 5.14. The predicted octanol–water partition coefficient (Wildman–Crippen LogP) is 0.687. The average molecular weight is 285 g/mol. The molecule has 0 aromatic carbocycles. The van der Waals surface area contributed by atoms with Crippen LogP contribution in [0.1, 0.15) is 27.7 Å². The topological polar surface area (TPSA) is 77.9 Å². The minimum Gasteiger partial charge on any atom is -0.286 e. The van der Waals surface area contributed by atoms with Crippen LogP contribution in [0.15, 0.2) is 0 Å². The van der Waals surface area contributed by atoms with Crippen molar-refractivity contribution >= 4 is 27.8 Å². The van der Waals surface area contributed by atoms with Crippen molar-refractivity contribution in [2.24, 2.45) is 0 Å². The van der Waals surface area contributed by atoms with Crippen molar-refractivity contribution in [3.05, 3.63) is 0 Å². The molecule has 8 heteroatoms. The molecule has 0 saturated carbocycles. The van der Waals surface area contributed by atoms with Crippen LogP contribution in [-0.4, -0.2) is 51.7 Å². The van der Waals surface area contributed by atoms with E-state index in [2.05, 4.69) is 0 Å². The van der Waals surface area contributed by atoms with E-state index >= 15 is 0 Å².